The molecule has 1 heterocycles. The molecule has 0 saturated heterocycles. The van der Waals surface area contributed by atoms with Crippen molar-refractivity contribution in [2.45, 2.75) is 19.1 Å². The first kappa shape index (κ1) is 18.2. The van der Waals surface area contributed by atoms with Gasteiger partial charge in [0.05, 0.1) is 24.8 Å². The lowest BCUT2D eigenvalue weighted by molar-refractivity contribution is 0.0847. The van der Waals surface area contributed by atoms with Crippen molar-refractivity contribution in [2.75, 3.05) is 7.11 Å². The van der Waals surface area contributed by atoms with E-state index in [4.69, 9.17) is 16.3 Å². The molecule has 0 aliphatic rings. The molecule has 0 aliphatic heterocycles. The summed E-state index contributed by atoms with van der Waals surface area (Å²) in [5.74, 6) is 0.351. The van der Waals surface area contributed by atoms with Crippen LogP contribution >= 0.6 is 11.6 Å². The topological polar surface area (TPSA) is 71.5 Å². The molecule has 0 radical (unpaired) electrons. The molecule has 2 atom stereocenters. The number of carbonyl (C=O) groups is 1. The van der Waals surface area contributed by atoms with Crippen LogP contribution < -0.4 is 10.1 Å². The molecule has 0 bridgehead atoms. The average Bonchev–Trinajstić information content (AvgIpc) is 2.66. The number of rotatable bonds is 5. The Morgan fingerprint density at radius 3 is 2.54 bits per heavy atom. The lowest BCUT2D eigenvalue weighted by atomic mass is 10.0. The molecule has 1 aromatic heterocycles. The van der Waals surface area contributed by atoms with Gasteiger partial charge in [0.15, 0.2) is 0 Å². The summed E-state index contributed by atoms with van der Waals surface area (Å²) in [6, 6.07) is 15.4. The number of aliphatic hydroxyl groups is 1. The van der Waals surface area contributed by atoms with E-state index in [1.165, 1.54) is 0 Å². The van der Waals surface area contributed by atoms with Gasteiger partial charge in [-0.3, -0.25) is 4.79 Å². The smallest absolute Gasteiger partial charge is 0.270 e. The Morgan fingerprint density at radius 1 is 1.15 bits per heavy atom. The summed E-state index contributed by atoms with van der Waals surface area (Å²) in [6.07, 6.45) is -0.847. The average molecular weight is 371 g/mol. The molecule has 26 heavy (non-hydrogen) atoms. The number of amides is 1. The van der Waals surface area contributed by atoms with Crippen molar-refractivity contribution in [3.8, 4) is 5.75 Å². The molecule has 0 fully saturated rings. The van der Waals surface area contributed by atoms with Crippen LogP contribution in [-0.2, 0) is 0 Å². The summed E-state index contributed by atoms with van der Waals surface area (Å²) in [4.78, 5) is 16.8. The number of nitrogens with one attached hydrogen (secondary N) is 1. The van der Waals surface area contributed by atoms with Crippen LogP contribution in [0.3, 0.4) is 0 Å². The van der Waals surface area contributed by atoms with Gasteiger partial charge in [0.1, 0.15) is 11.4 Å². The molecule has 5 nitrogen and oxygen atoms in total. The Hall–Kier alpha value is -2.63. The summed E-state index contributed by atoms with van der Waals surface area (Å²) in [6.45, 7) is 1.74. The first-order valence-corrected chi connectivity index (χ1v) is 8.55. The van der Waals surface area contributed by atoms with Crippen molar-refractivity contribution in [1.29, 1.82) is 0 Å². The molecule has 3 rings (SSSR count). The number of halogens is 1. The molecule has 0 spiro atoms. The highest BCUT2D eigenvalue weighted by atomic mass is 35.5. The van der Waals surface area contributed by atoms with Crippen molar-refractivity contribution in [1.82, 2.24) is 10.3 Å². The van der Waals surface area contributed by atoms with Gasteiger partial charge in [-0.25, -0.2) is 4.98 Å². The van der Waals surface area contributed by atoms with Gasteiger partial charge in [0.25, 0.3) is 5.91 Å². The molecule has 3 aromatic rings. The number of hydrogen-bond acceptors (Lipinski definition) is 4. The van der Waals surface area contributed by atoms with Gasteiger partial charge in [0.2, 0.25) is 0 Å². The van der Waals surface area contributed by atoms with Crippen LogP contribution in [0.15, 0.2) is 54.6 Å². The minimum atomic E-state index is -0.847. The maximum Gasteiger partial charge on any atom is 0.270 e. The van der Waals surface area contributed by atoms with Gasteiger partial charge < -0.3 is 15.2 Å². The summed E-state index contributed by atoms with van der Waals surface area (Å²) in [5.41, 5.74) is 1.61. The number of hydrogen-bond donors (Lipinski definition) is 2. The minimum absolute atomic E-state index is 0.272. The summed E-state index contributed by atoms with van der Waals surface area (Å²) in [5, 5.41) is 14.7. The highest BCUT2D eigenvalue weighted by Gasteiger charge is 2.20. The molecule has 134 valence electrons. The minimum Gasteiger partial charge on any atom is -0.497 e. The van der Waals surface area contributed by atoms with Gasteiger partial charge in [-0.1, -0.05) is 35.9 Å². The Labute approximate surface area is 156 Å². The standard InChI is InChI=1S/C20H19ClN2O3/c1-12(19(24)14-4-8-16(26-2)9-5-14)22-20(25)17-10-6-13-3-7-15(21)11-18(13)23-17/h3-12,19,24H,1-2H3,(H,22,25)/t12-,19-/m1/s1. The van der Waals surface area contributed by atoms with E-state index >= 15 is 0 Å². The normalized spacial score (nSPS) is 13.2. The highest BCUT2D eigenvalue weighted by Crippen LogP contribution is 2.21. The van der Waals surface area contributed by atoms with Crippen molar-refractivity contribution >= 4 is 28.4 Å². The zero-order chi connectivity index (χ0) is 18.7. The number of nitrogens with zero attached hydrogens (tertiary/aromatic N) is 1. The van der Waals surface area contributed by atoms with Crippen LogP contribution in [-0.4, -0.2) is 29.1 Å². The number of pyridine rings is 1. The molecule has 0 aliphatic carbocycles. The van der Waals surface area contributed by atoms with Crippen LogP contribution in [0.25, 0.3) is 10.9 Å². The van der Waals surface area contributed by atoms with Crippen molar-refractivity contribution in [3.05, 3.63) is 70.9 Å². The summed E-state index contributed by atoms with van der Waals surface area (Å²) < 4.78 is 5.11. The van der Waals surface area contributed by atoms with Crippen LogP contribution in [0.5, 0.6) is 5.75 Å². The summed E-state index contributed by atoms with van der Waals surface area (Å²) in [7, 11) is 1.58. The summed E-state index contributed by atoms with van der Waals surface area (Å²) >= 11 is 5.98. The predicted molar refractivity (Wildman–Crippen MR) is 102 cm³/mol. The molecule has 2 aromatic carbocycles. The van der Waals surface area contributed by atoms with Gasteiger partial charge in [0, 0.05) is 10.4 Å². The van der Waals surface area contributed by atoms with E-state index in [1.807, 2.05) is 12.1 Å². The maximum atomic E-state index is 12.5. The fraction of sp³-hybridized carbons (Fsp3) is 0.200. The quantitative estimate of drug-likeness (QED) is 0.717. The zero-order valence-electron chi connectivity index (χ0n) is 14.4. The van der Waals surface area contributed by atoms with E-state index in [0.717, 1.165) is 5.39 Å². The second-order valence-electron chi connectivity index (χ2n) is 6.01. The van der Waals surface area contributed by atoms with Crippen molar-refractivity contribution in [3.63, 3.8) is 0 Å². The SMILES string of the molecule is COc1ccc([C@H](O)[C@@H](C)NC(=O)c2ccc3ccc(Cl)cc3n2)cc1. The van der Waals surface area contributed by atoms with Crippen LogP contribution in [0.2, 0.25) is 5.02 Å². The highest BCUT2D eigenvalue weighted by molar-refractivity contribution is 6.31. The molecule has 0 unspecified atom stereocenters. The molecule has 6 heteroatoms. The number of aromatic nitrogens is 1. The number of carbonyl (C=O) groups excluding carboxylic acids is 1. The lowest BCUT2D eigenvalue weighted by Gasteiger charge is -2.20. The third-order valence-electron chi connectivity index (χ3n) is 4.18. The largest absolute Gasteiger partial charge is 0.497 e. The van der Waals surface area contributed by atoms with E-state index in [1.54, 1.807) is 56.5 Å². The fourth-order valence-corrected chi connectivity index (χ4v) is 2.83. The number of methoxy groups -OCH3 is 1. The molecule has 1 amide bonds. The van der Waals surface area contributed by atoms with Crippen LogP contribution in [0.4, 0.5) is 0 Å². The molecule has 0 saturated carbocycles. The number of fused-ring (bicyclic) bond motifs is 1. The molecule has 2 N–H and O–H groups in total. The first-order valence-electron chi connectivity index (χ1n) is 8.17. The second kappa shape index (κ2) is 7.72. The van der Waals surface area contributed by atoms with E-state index in [-0.39, 0.29) is 11.6 Å². The van der Waals surface area contributed by atoms with Crippen molar-refractivity contribution < 1.29 is 14.6 Å². The van der Waals surface area contributed by atoms with E-state index < -0.39 is 12.1 Å². The predicted octanol–water partition coefficient (Wildman–Crippen LogP) is 3.75. The number of benzene rings is 2. The Balaban J connectivity index is 1.73. The van der Waals surface area contributed by atoms with Crippen LogP contribution in [0.1, 0.15) is 29.1 Å². The van der Waals surface area contributed by atoms with Gasteiger partial charge in [-0.05, 0) is 42.8 Å². The zero-order valence-corrected chi connectivity index (χ0v) is 15.2. The van der Waals surface area contributed by atoms with Gasteiger partial charge in [-0.15, -0.1) is 0 Å². The van der Waals surface area contributed by atoms with E-state index in [2.05, 4.69) is 10.3 Å². The maximum absolute atomic E-state index is 12.5. The Bertz CT molecular complexity index is 928. The third-order valence-corrected chi connectivity index (χ3v) is 4.41. The Morgan fingerprint density at radius 2 is 1.85 bits per heavy atom. The Kier molecular flexibility index (Phi) is 5.40. The molecular weight excluding hydrogens is 352 g/mol. The second-order valence-corrected chi connectivity index (χ2v) is 6.45. The lowest BCUT2D eigenvalue weighted by Crippen LogP contribution is -2.37. The number of aliphatic hydroxyl groups excluding tert-OH is 1. The molecular formula is C20H19ClN2O3. The van der Waals surface area contributed by atoms with E-state index in [9.17, 15) is 9.90 Å². The fourth-order valence-electron chi connectivity index (χ4n) is 2.67. The first-order chi connectivity index (χ1) is 12.5. The van der Waals surface area contributed by atoms with E-state index in [0.29, 0.717) is 21.9 Å². The third kappa shape index (κ3) is 3.95. The number of ether oxygens (including phenoxy) is 1. The van der Waals surface area contributed by atoms with Gasteiger partial charge in [-0.2, -0.15) is 0 Å². The van der Waals surface area contributed by atoms with Gasteiger partial charge >= 0.3 is 0 Å². The van der Waals surface area contributed by atoms with Crippen molar-refractivity contribution in [2.24, 2.45) is 0 Å². The van der Waals surface area contributed by atoms with Crippen LogP contribution in [0, 0.1) is 0 Å². The monoisotopic (exact) mass is 370 g/mol.